The zero-order valence-electron chi connectivity index (χ0n) is 18.3. The predicted molar refractivity (Wildman–Crippen MR) is 133 cm³/mol. The molecule has 0 unspecified atom stereocenters. The van der Waals surface area contributed by atoms with Gasteiger partial charge in [0.05, 0.1) is 23.4 Å². The van der Waals surface area contributed by atoms with Crippen LogP contribution in [0.15, 0.2) is 71.6 Å². The summed E-state index contributed by atoms with van der Waals surface area (Å²) >= 11 is 1.49. The van der Waals surface area contributed by atoms with Crippen molar-refractivity contribution in [2.45, 2.75) is 19.4 Å². The number of fused-ring (bicyclic) bond motifs is 1. The summed E-state index contributed by atoms with van der Waals surface area (Å²) < 4.78 is 0. The molecule has 0 aliphatic carbocycles. The summed E-state index contributed by atoms with van der Waals surface area (Å²) in [5.41, 5.74) is 4.68. The Morgan fingerprint density at radius 1 is 1.06 bits per heavy atom. The first-order valence-electron chi connectivity index (χ1n) is 11.2. The van der Waals surface area contributed by atoms with Crippen LogP contribution in [0.3, 0.4) is 0 Å². The number of hydrogen-bond donors (Lipinski definition) is 1. The topological polar surface area (TPSA) is 69.6 Å². The van der Waals surface area contributed by atoms with Crippen LogP contribution >= 0.6 is 11.3 Å². The van der Waals surface area contributed by atoms with Gasteiger partial charge in [-0.3, -0.25) is 0 Å². The second kappa shape index (κ2) is 9.58. The van der Waals surface area contributed by atoms with Crippen LogP contribution in [0, 0.1) is 5.92 Å². The molecular weight excluding hydrogens is 432 g/mol. The molecule has 2 aromatic carbocycles. The number of benzene rings is 2. The Labute approximate surface area is 197 Å². The van der Waals surface area contributed by atoms with Gasteiger partial charge >= 0.3 is 6.09 Å². The molecule has 0 atom stereocenters. The van der Waals surface area contributed by atoms with E-state index in [2.05, 4.69) is 70.5 Å². The van der Waals surface area contributed by atoms with E-state index in [1.54, 1.807) is 5.51 Å². The standard InChI is InChI=1S/C26H26N4O2S/c31-26(32)30(16-21-17-33-18-27-21)15-19-11-13-29(14-12-19)25-10-4-9-24(28-25)23-8-3-6-20-5-1-2-7-22(20)23/h1-10,17-19H,11-16H2,(H,31,32). The molecule has 1 aliphatic rings. The van der Waals surface area contributed by atoms with Crippen LogP contribution < -0.4 is 4.90 Å². The van der Waals surface area contributed by atoms with E-state index in [0.29, 0.717) is 19.0 Å². The molecule has 33 heavy (non-hydrogen) atoms. The minimum absolute atomic E-state index is 0.345. The van der Waals surface area contributed by atoms with E-state index in [1.165, 1.54) is 27.0 Å². The molecule has 7 heteroatoms. The smallest absolute Gasteiger partial charge is 0.407 e. The molecule has 3 heterocycles. The molecule has 168 valence electrons. The first kappa shape index (κ1) is 21.4. The van der Waals surface area contributed by atoms with E-state index >= 15 is 0 Å². The van der Waals surface area contributed by atoms with Crippen molar-refractivity contribution in [2.75, 3.05) is 24.5 Å². The van der Waals surface area contributed by atoms with Crippen LogP contribution in [0.5, 0.6) is 0 Å². The Morgan fingerprint density at radius 3 is 2.64 bits per heavy atom. The summed E-state index contributed by atoms with van der Waals surface area (Å²) in [6.45, 7) is 2.65. The number of anilines is 1. The number of piperidine rings is 1. The van der Waals surface area contributed by atoms with Crippen LogP contribution in [-0.4, -0.2) is 45.7 Å². The highest BCUT2D eigenvalue weighted by molar-refractivity contribution is 7.07. The maximum Gasteiger partial charge on any atom is 0.407 e. The zero-order chi connectivity index (χ0) is 22.6. The molecule has 6 nitrogen and oxygen atoms in total. The van der Waals surface area contributed by atoms with E-state index in [-0.39, 0.29) is 0 Å². The third-order valence-electron chi connectivity index (χ3n) is 6.32. The molecule has 1 N–H and O–H groups in total. The van der Waals surface area contributed by atoms with Crippen LogP contribution in [-0.2, 0) is 6.54 Å². The fraction of sp³-hybridized carbons (Fsp3) is 0.269. The van der Waals surface area contributed by atoms with Gasteiger partial charge in [-0.2, -0.15) is 0 Å². The van der Waals surface area contributed by atoms with Crippen molar-refractivity contribution in [2.24, 2.45) is 5.92 Å². The van der Waals surface area contributed by atoms with E-state index in [1.807, 2.05) is 5.38 Å². The summed E-state index contributed by atoms with van der Waals surface area (Å²) in [5.74, 6) is 1.33. The Bertz CT molecular complexity index is 1230. The average Bonchev–Trinajstić information content (AvgIpc) is 3.37. The lowest BCUT2D eigenvalue weighted by molar-refractivity contribution is 0.129. The molecule has 1 aliphatic heterocycles. The quantitative estimate of drug-likeness (QED) is 0.398. The lowest BCUT2D eigenvalue weighted by atomic mass is 9.96. The molecule has 0 radical (unpaired) electrons. The van der Waals surface area contributed by atoms with Gasteiger partial charge in [0.15, 0.2) is 0 Å². The highest BCUT2D eigenvalue weighted by atomic mass is 32.1. The number of carboxylic acid groups (broad SMARTS) is 1. The minimum Gasteiger partial charge on any atom is -0.465 e. The summed E-state index contributed by atoms with van der Waals surface area (Å²) in [4.78, 5) is 24.8. The summed E-state index contributed by atoms with van der Waals surface area (Å²) in [5, 5.41) is 14.0. The molecule has 0 saturated carbocycles. The fourth-order valence-corrected chi connectivity index (χ4v) is 5.13. The number of nitrogens with zero attached hydrogens (tertiary/aromatic N) is 4. The lowest BCUT2D eigenvalue weighted by Crippen LogP contribution is -2.40. The molecule has 5 rings (SSSR count). The maximum absolute atomic E-state index is 11.7. The third kappa shape index (κ3) is 4.83. The number of thiazole rings is 1. The van der Waals surface area contributed by atoms with Gasteiger partial charge in [0.25, 0.3) is 0 Å². The molecule has 1 fully saturated rings. The van der Waals surface area contributed by atoms with Crippen molar-refractivity contribution in [3.63, 3.8) is 0 Å². The second-order valence-corrected chi connectivity index (χ2v) is 9.20. The van der Waals surface area contributed by atoms with Crippen molar-refractivity contribution in [3.05, 3.63) is 77.2 Å². The van der Waals surface area contributed by atoms with Crippen LogP contribution in [0.2, 0.25) is 0 Å². The molecule has 1 amide bonds. The predicted octanol–water partition coefficient (Wildman–Crippen LogP) is 5.75. The normalized spacial score (nSPS) is 14.5. The van der Waals surface area contributed by atoms with E-state index in [4.69, 9.17) is 4.98 Å². The number of aromatic nitrogens is 2. The highest BCUT2D eigenvalue weighted by Crippen LogP contribution is 2.30. The largest absolute Gasteiger partial charge is 0.465 e. The minimum atomic E-state index is -0.880. The summed E-state index contributed by atoms with van der Waals surface area (Å²) in [7, 11) is 0. The highest BCUT2D eigenvalue weighted by Gasteiger charge is 2.25. The Kier molecular flexibility index (Phi) is 6.21. The monoisotopic (exact) mass is 458 g/mol. The van der Waals surface area contributed by atoms with Crippen molar-refractivity contribution < 1.29 is 9.90 Å². The van der Waals surface area contributed by atoms with Crippen molar-refractivity contribution in [1.29, 1.82) is 0 Å². The zero-order valence-corrected chi connectivity index (χ0v) is 19.1. The van der Waals surface area contributed by atoms with Crippen molar-refractivity contribution >= 4 is 34.0 Å². The van der Waals surface area contributed by atoms with Gasteiger partial charge in [0.1, 0.15) is 5.82 Å². The summed E-state index contributed by atoms with van der Waals surface area (Å²) in [6.07, 6.45) is 1.01. The number of pyridine rings is 1. The van der Waals surface area contributed by atoms with Gasteiger partial charge in [0.2, 0.25) is 0 Å². The number of amides is 1. The lowest BCUT2D eigenvalue weighted by Gasteiger charge is -2.34. The average molecular weight is 459 g/mol. The fourth-order valence-electron chi connectivity index (χ4n) is 4.58. The van der Waals surface area contributed by atoms with Gasteiger partial charge < -0.3 is 14.9 Å². The molecule has 1 saturated heterocycles. The Morgan fingerprint density at radius 2 is 1.85 bits per heavy atom. The number of carbonyl (C=O) groups is 1. The van der Waals surface area contributed by atoms with Crippen LogP contribution in [0.25, 0.3) is 22.0 Å². The molecule has 0 bridgehead atoms. The number of rotatable bonds is 6. The first-order chi connectivity index (χ1) is 16.2. The maximum atomic E-state index is 11.7. The SMILES string of the molecule is O=C(O)N(Cc1cscn1)CC1CCN(c2cccc(-c3cccc4ccccc34)n2)CC1. The van der Waals surface area contributed by atoms with E-state index < -0.39 is 6.09 Å². The van der Waals surface area contributed by atoms with Crippen molar-refractivity contribution in [3.8, 4) is 11.3 Å². The van der Waals surface area contributed by atoms with Gasteiger partial charge in [-0.05, 0) is 41.7 Å². The molecule has 4 aromatic rings. The second-order valence-electron chi connectivity index (χ2n) is 8.48. The van der Waals surface area contributed by atoms with Gasteiger partial charge in [-0.15, -0.1) is 11.3 Å². The molecule has 2 aromatic heterocycles. The van der Waals surface area contributed by atoms with Gasteiger partial charge in [-0.1, -0.05) is 48.5 Å². The van der Waals surface area contributed by atoms with Gasteiger partial charge in [0, 0.05) is 30.6 Å². The Balaban J connectivity index is 1.26. The van der Waals surface area contributed by atoms with Crippen LogP contribution in [0.4, 0.5) is 10.6 Å². The Hall–Kier alpha value is -3.45. The van der Waals surface area contributed by atoms with Gasteiger partial charge in [-0.25, -0.2) is 14.8 Å². The molecule has 0 spiro atoms. The first-order valence-corrected chi connectivity index (χ1v) is 12.2. The van der Waals surface area contributed by atoms with Crippen LogP contribution in [0.1, 0.15) is 18.5 Å². The summed E-state index contributed by atoms with van der Waals surface area (Å²) in [6, 6.07) is 20.9. The van der Waals surface area contributed by atoms with E-state index in [9.17, 15) is 9.90 Å². The van der Waals surface area contributed by atoms with E-state index in [0.717, 1.165) is 48.7 Å². The van der Waals surface area contributed by atoms with Crippen molar-refractivity contribution in [1.82, 2.24) is 14.9 Å². The number of hydrogen-bond acceptors (Lipinski definition) is 5. The third-order valence-corrected chi connectivity index (χ3v) is 6.96. The molecular formula is C26H26N4O2S.